The Kier molecular flexibility index (Phi) is 6.45. The number of amidine groups is 2. The van der Waals surface area contributed by atoms with Crippen molar-refractivity contribution in [2.45, 2.75) is 6.17 Å². The summed E-state index contributed by atoms with van der Waals surface area (Å²) in [6, 6.07) is 57.2. The highest BCUT2D eigenvalue weighted by Gasteiger charge is 2.23. The van der Waals surface area contributed by atoms with Crippen molar-refractivity contribution in [1.82, 2.24) is 19.4 Å². The number of nitrogens with zero attached hydrogens (tertiary/aromatic N) is 5. The first-order valence-corrected chi connectivity index (χ1v) is 16.8. The van der Waals surface area contributed by atoms with E-state index < -0.39 is 0 Å². The summed E-state index contributed by atoms with van der Waals surface area (Å²) in [4.78, 5) is 15.2. The Morgan fingerprint density at radius 2 is 1.08 bits per heavy atom. The van der Waals surface area contributed by atoms with E-state index in [2.05, 4.69) is 136 Å². The maximum absolute atomic E-state index is 5.13. The normalized spacial score (nSPS) is 14.6. The van der Waals surface area contributed by atoms with Crippen molar-refractivity contribution < 1.29 is 0 Å². The van der Waals surface area contributed by atoms with E-state index in [-0.39, 0.29) is 6.17 Å². The van der Waals surface area contributed by atoms with Gasteiger partial charge >= 0.3 is 0 Å². The van der Waals surface area contributed by atoms with Crippen LogP contribution >= 0.6 is 0 Å². The molecule has 1 aliphatic heterocycles. The molecule has 0 saturated heterocycles. The van der Waals surface area contributed by atoms with Gasteiger partial charge in [-0.25, -0.2) is 15.0 Å². The smallest absolute Gasteiger partial charge is 0.159 e. The predicted molar refractivity (Wildman–Crippen MR) is 205 cm³/mol. The van der Waals surface area contributed by atoms with Crippen LogP contribution in [0.25, 0.3) is 55.1 Å². The predicted octanol–water partition coefficient (Wildman–Crippen LogP) is 9.77. The standard InChI is InChI=1S/C44H30N6/c1-4-14-29(15-5-1)42-46-43(30-16-6-2-7-17-30)48-44(47-42)31-24-25-45-41(26-31)50-38-23-13-11-21-34(38)36-27-35-33-20-10-12-22-37(33)49(39(35)28-40(36)50)32-18-8-3-9-19-32/h1-28,42H,(H,46,47,48). The molecule has 9 aromatic rings. The van der Waals surface area contributed by atoms with Crippen LogP contribution in [-0.4, -0.2) is 25.8 Å². The summed E-state index contributed by atoms with van der Waals surface area (Å²) >= 11 is 0. The minimum Gasteiger partial charge on any atom is -0.344 e. The van der Waals surface area contributed by atoms with Crippen molar-refractivity contribution in [3.8, 4) is 11.5 Å². The van der Waals surface area contributed by atoms with Gasteiger partial charge in [0.15, 0.2) is 5.84 Å². The van der Waals surface area contributed by atoms with Crippen LogP contribution in [0, 0.1) is 0 Å². The van der Waals surface area contributed by atoms with Crippen LogP contribution < -0.4 is 5.32 Å². The van der Waals surface area contributed by atoms with Crippen molar-refractivity contribution >= 4 is 55.3 Å². The zero-order chi connectivity index (χ0) is 33.0. The molecule has 0 fully saturated rings. The minimum absolute atomic E-state index is 0.281. The molecule has 0 spiro atoms. The highest BCUT2D eigenvalue weighted by atomic mass is 15.2. The Balaban J connectivity index is 1.20. The Bertz CT molecular complexity index is 2780. The lowest BCUT2D eigenvalue weighted by atomic mass is 10.1. The lowest BCUT2D eigenvalue weighted by Gasteiger charge is -2.23. The van der Waals surface area contributed by atoms with E-state index in [0.29, 0.717) is 5.84 Å². The maximum Gasteiger partial charge on any atom is 0.159 e. The monoisotopic (exact) mass is 642 g/mol. The van der Waals surface area contributed by atoms with E-state index in [1.807, 2.05) is 48.7 Å². The number of aromatic nitrogens is 3. The van der Waals surface area contributed by atoms with Gasteiger partial charge in [-0.3, -0.25) is 4.57 Å². The van der Waals surface area contributed by atoms with Gasteiger partial charge in [0.25, 0.3) is 0 Å². The molecule has 0 radical (unpaired) electrons. The largest absolute Gasteiger partial charge is 0.344 e. The molecule has 0 aliphatic carbocycles. The second-order valence-corrected chi connectivity index (χ2v) is 12.6. The molecule has 1 aliphatic rings. The molecular weight excluding hydrogens is 613 g/mol. The SMILES string of the molecule is c1ccc(C2=NC(c3ccnc(-n4c5ccccc5c5cc6c7ccccc7n(-c7ccccc7)c6cc54)c3)=NC(c3ccccc3)N2)cc1. The summed E-state index contributed by atoms with van der Waals surface area (Å²) in [7, 11) is 0. The van der Waals surface area contributed by atoms with Gasteiger partial charge in [-0.05, 0) is 54.1 Å². The number of nitrogens with one attached hydrogen (secondary N) is 1. The van der Waals surface area contributed by atoms with Crippen LogP contribution in [0.4, 0.5) is 0 Å². The Morgan fingerprint density at radius 3 is 1.80 bits per heavy atom. The molecule has 6 heteroatoms. The molecule has 3 aromatic heterocycles. The molecule has 50 heavy (non-hydrogen) atoms. The zero-order valence-electron chi connectivity index (χ0n) is 27.0. The van der Waals surface area contributed by atoms with E-state index in [4.69, 9.17) is 15.0 Å². The summed E-state index contributed by atoms with van der Waals surface area (Å²) in [5, 5.41) is 8.38. The quantitative estimate of drug-likeness (QED) is 0.203. The number of hydrogen-bond acceptors (Lipinski definition) is 4. The van der Waals surface area contributed by atoms with Crippen molar-refractivity contribution in [1.29, 1.82) is 0 Å². The minimum atomic E-state index is -0.281. The molecule has 0 bridgehead atoms. The van der Waals surface area contributed by atoms with Gasteiger partial charge in [-0.1, -0.05) is 115 Å². The Hall–Kier alpha value is -6.79. The molecule has 1 atom stereocenters. The molecular formula is C44H30N6. The summed E-state index contributed by atoms with van der Waals surface area (Å²) < 4.78 is 4.64. The molecule has 236 valence electrons. The number of fused-ring (bicyclic) bond motifs is 6. The molecule has 1 unspecified atom stereocenters. The van der Waals surface area contributed by atoms with Gasteiger partial charge in [0.2, 0.25) is 0 Å². The molecule has 6 nitrogen and oxygen atoms in total. The van der Waals surface area contributed by atoms with Crippen LogP contribution in [0.5, 0.6) is 0 Å². The Morgan fingerprint density at radius 1 is 0.480 bits per heavy atom. The summed E-state index contributed by atoms with van der Waals surface area (Å²) in [6.45, 7) is 0. The van der Waals surface area contributed by atoms with E-state index in [9.17, 15) is 0 Å². The van der Waals surface area contributed by atoms with E-state index in [0.717, 1.165) is 50.6 Å². The number of benzene rings is 6. The summed E-state index contributed by atoms with van der Waals surface area (Å²) in [6.07, 6.45) is 1.59. The van der Waals surface area contributed by atoms with Crippen LogP contribution in [0.1, 0.15) is 22.9 Å². The van der Waals surface area contributed by atoms with Gasteiger partial charge in [0.1, 0.15) is 17.8 Å². The zero-order valence-corrected chi connectivity index (χ0v) is 27.0. The van der Waals surface area contributed by atoms with E-state index >= 15 is 0 Å². The second kappa shape index (κ2) is 11.4. The van der Waals surface area contributed by atoms with Crippen LogP contribution in [0.15, 0.2) is 180 Å². The number of hydrogen-bond donors (Lipinski definition) is 1. The number of para-hydroxylation sites is 3. The molecule has 10 rings (SSSR count). The lowest BCUT2D eigenvalue weighted by molar-refractivity contribution is 0.674. The molecule has 0 amide bonds. The van der Waals surface area contributed by atoms with Crippen molar-refractivity contribution in [2.75, 3.05) is 0 Å². The topological polar surface area (TPSA) is 59.5 Å². The number of pyridine rings is 1. The van der Waals surface area contributed by atoms with Gasteiger partial charge in [-0.2, -0.15) is 0 Å². The van der Waals surface area contributed by atoms with Crippen LogP contribution in [-0.2, 0) is 0 Å². The molecule has 4 heterocycles. The first kappa shape index (κ1) is 28.2. The molecule has 6 aromatic carbocycles. The fourth-order valence-electron chi connectivity index (χ4n) is 7.34. The number of rotatable bonds is 5. The summed E-state index contributed by atoms with van der Waals surface area (Å²) in [5.74, 6) is 2.26. The fourth-order valence-corrected chi connectivity index (χ4v) is 7.34. The molecule has 0 saturated carbocycles. The maximum atomic E-state index is 5.13. The highest BCUT2D eigenvalue weighted by Crippen LogP contribution is 2.39. The summed E-state index contributed by atoms with van der Waals surface area (Å²) in [5.41, 5.74) is 8.63. The van der Waals surface area contributed by atoms with E-state index in [1.165, 1.54) is 27.1 Å². The van der Waals surface area contributed by atoms with Crippen molar-refractivity contribution in [3.05, 3.63) is 187 Å². The fraction of sp³-hybridized carbons (Fsp3) is 0.0227. The van der Waals surface area contributed by atoms with E-state index in [1.54, 1.807) is 0 Å². The Labute approximate surface area is 288 Å². The van der Waals surface area contributed by atoms with Crippen LogP contribution in [0.3, 0.4) is 0 Å². The third-order valence-corrected chi connectivity index (χ3v) is 9.62. The average Bonchev–Trinajstić information content (AvgIpc) is 3.70. The van der Waals surface area contributed by atoms with Gasteiger partial charge < -0.3 is 9.88 Å². The first-order chi connectivity index (χ1) is 24.8. The van der Waals surface area contributed by atoms with Crippen molar-refractivity contribution in [3.63, 3.8) is 0 Å². The second-order valence-electron chi connectivity index (χ2n) is 12.6. The highest BCUT2D eigenvalue weighted by molar-refractivity contribution is 6.19. The third-order valence-electron chi connectivity index (χ3n) is 9.62. The average molecular weight is 643 g/mol. The van der Waals surface area contributed by atoms with Gasteiger partial charge in [0.05, 0.1) is 22.1 Å². The van der Waals surface area contributed by atoms with Gasteiger partial charge in [-0.15, -0.1) is 0 Å². The molecule has 1 N–H and O–H groups in total. The number of aliphatic imine (C=N–C) groups is 2. The van der Waals surface area contributed by atoms with Crippen LogP contribution in [0.2, 0.25) is 0 Å². The van der Waals surface area contributed by atoms with Crippen molar-refractivity contribution in [2.24, 2.45) is 9.98 Å². The first-order valence-electron chi connectivity index (χ1n) is 16.8. The van der Waals surface area contributed by atoms with Gasteiger partial charge in [0, 0.05) is 44.6 Å². The third kappa shape index (κ3) is 4.54. The lowest BCUT2D eigenvalue weighted by Crippen LogP contribution is -2.33.